The topological polar surface area (TPSA) is 131 Å². The van der Waals surface area contributed by atoms with Crippen LogP contribution in [0.15, 0.2) is 42.5 Å². The quantitative estimate of drug-likeness (QED) is 0.405. The van der Waals surface area contributed by atoms with Crippen molar-refractivity contribution in [2.75, 3.05) is 60.0 Å². The Morgan fingerprint density at radius 3 is 2.28 bits per heavy atom. The van der Waals surface area contributed by atoms with Gasteiger partial charge in [-0.1, -0.05) is 13.8 Å². The Hall–Kier alpha value is -4.29. The second-order valence-corrected chi connectivity index (χ2v) is 11.7. The number of carbonyl (C=O) groups excluding carboxylic acids is 2. The number of carbonyl (C=O) groups is 2. The van der Waals surface area contributed by atoms with E-state index < -0.39 is 0 Å². The minimum Gasteiger partial charge on any atom is -0.454 e. The molecule has 3 saturated heterocycles. The maximum absolute atomic E-state index is 12.8. The van der Waals surface area contributed by atoms with Gasteiger partial charge in [-0.05, 0) is 61.2 Å². The minimum absolute atomic E-state index is 0.127. The molecule has 5 heterocycles. The monoisotopic (exact) mass is 585 g/mol. The fourth-order valence-electron chi connectivity index (χ4n) is 6.25. The van der Waals surface area contributed by atoms with E-state index in [0.717, 1.165) is 37.1 Å². The van der Waals surface area contributed by atoms with E-state index >= 15 is 0 Å². The zero-order chi connectivity index (χ0) is 29.5. The summed E-state index contributed by atoms with van der Waals surface area (Å²) in [6.45, 7) is 8.08. The molecule has 4 aliphatic rings. The molecule has 12 nitrogen and oxygen atoms in total. The molecular weight excluding hydrogens is 550 g/mol. The summed E-state index contributed by atoms with van der Waals surface area (Å²) < 4.78 is 16.8. The van der Waals surface area contributed by atoms with Crippen LogP contribution in [0, 0.1) is 5.92 Å². The first-order valence-electron chi connectivity index (χ1n) is 14.9. The Bertz CT molecular complexity index is 1510. The molecule has 2 amide bonds. The number of esters is 1. The molecule has 2 bridgehead atoms. The Morgan fingerprint density at radius 1 is 0.884 bits per heavy atom. The zero-order valence-electron chi connectivity index (χ0n) is 24.3. The molecule has 3 atom stereocenters. The third-order valence-corrected chi connectivity index (χ3v) is 8.45. The van der Waals surface area contributed by atoms with Crippen LogP contribution in [0.3, 0.4) is 0 Å². The Kier molecular flexibility index (Phi) is 7.31. The molecule has 3 unspecified atom stereocenters. The molecule has 3 fully saturated rings. The molecule has 12 heteroatoms. The summed E-state index contributed by atoms with van der Waals surface area (Å²) in [4.78, 5) is 44.1. The lowest BCUT2D eigenvalue weighted by Gasteiger charge is -2.35. The van der Waals surface area contributed by atoms with Crippen LogP contribution in [0.4, 0.5) is 28.1 Å². The van der Waals surface area contributed by atoms with E-state index in [0.29, 0.717) is 61.1 Å². The number of nitrogens with one attached hydrogen (secondary N) is 2. The smallest absolute Gasteiger partial charge is 0.339 e. The first-order chi connectivity index (χ1) is 20.9. The largest absolute Gasteiger partial charge is 0.454 e. The molecule has 0 spiro atoms. The van der Waals surface area contributed by atoms with Crippen LogP contribution in [0.25, 0.3) is 11.4 Å². The number of ether oxygens (including phenoxy) is 3. The fourth-order valence-corrected chi connectivity index (χ4v) is 6.25. The van der Waals surface area contributed by atoms with Gasteiger partial charge in [0.1, 0.15) is 6.10 Å². The number of benzene rings is 2. The van der Waals surface area contributed by atoms with E-state index in [1.165, 1.54) is 0 Å². The lowest BCUT2D eigenvalue weighted by atomic mass is 9.97. The second-order valence-electron chi connectivity index (χ2n) is 11.7. The molecule has 2 N–H and O–H groups in total. The SMILES string of the molecule is CC(C)C1OC(=O)c2ccc(NC(=O)Nc3ccc(-c4nc(N5CCOCC5)nc(N5C6CCC5COC6)n4)cc3)cc21. The first-order valence-corrected chi connectivity index (χ1v) is 14.9. The Labute approximate surface area is 249 Å². The van der Waals surface area contributed by atoms with E-state index in [1.807, 2.05) is 38.1 Å². The molecule has 0 radical (unpaired) electrons. The normalized spacial score (nSPS) is 22.9. The van der Waals surface area contributed by atoms with Crippen molar-refractivity contribution >= 4 is 35.3 Å². The van der Waals surface area contributed by atoms with E-state index in [9.17, 15) is 9.59 Å². The van der Waals surface area contributed by atoms with Crippen molar-refractivity contribution in [1.29, 1.82) is 0 Å². The predicted octanol–water partition coefficient (Wildman–Crippen LogP) is 4.25. The van der Waals surface area contributed by atoms with E-state index in [4.69, 9.17) is 29.2 Å². The van der Waals surface area contributed by atoms with E-state index in [1.54, 1.807) is 18.2 Å². The summed E-state index contributed by atoms with van der Waals surface area (Å²) in [5.74, 6) is 1.72. The number of anilines is 4. The van der Waals surface area contributed by atoms with Gasteiger partial charge in [0.15, 0.2) is 5.82 Å². The van der Waals surface area contributed by atoms with Crippen molar-refractivity contribution in [2.45, 2.75) is 44.9 Å². The van der Waals surface area contributed by atoms with E-state index in [-0.39, 0.29) is 36.1 Å². The first kappa shape index (κ1) is 27.5. The van der Waals surface area contributed by atoms with Crippen molar-refractivity contribution in [1.82, 2.24) is 15.0 Å². The van der Waals surface area contributed by atoms with Gasteiger partial charge in [-0.25, -0.2) is 9.59 Å². The molecule has 3 aromatic rings. The summed E-state index contributed by atoms with van der Waals surface area (Å²) in [6, 6.07) is 12.8. The highest BCUT2D eigenvalue weighted by atomic mass is 16.5. The van der Waals surface area contributed by atoms with Crippen molar-refractivity contribution in [3.63, 3.8) is 0 Å². The number of nitrogens with zero attached hydrogens (tertiary/aromatic N) is 5. The lowest BCUT2D eigenvalue weighted by Crippen LogP contribution is -2.47. The maximum atomic E-state index is 12.8. The van der Waals surface area contributed by atoms with Crippen LogP contribution in [0.2, 0.25) is 0 Å². The minimum atomic E-state index is -0.390. The van der Waals surface area contributed by atoms with Gasteiger partial charge >= 0.3 is 12.0 Å². The lowest BCUT2D eigenvalue weighted by molar-refractivity contribution is 0.0280. The summed E-state index contributed by atoms with van der Waals surface area (Å²) in [5.41, 5.74) is 3.37. The standard InChI is InChI=1S/C31H35N7O5/c1-18(2)26-25-15-21(7-10-24(25)28(39)43-26)33-31(40)32-20-5-3-19(4-6-20)27-34-29(37-11-13-41-14-12-37)36-30(35-27)38-22-8-9-23(38)17-42-16-22/h3-7,10,15,18,22-23,26H,8-9,11-14,16-17H2,1-2H3,(H2,32,33,40). The Morgan fingerprint density at radius 2 is 1.56 bits per heavy atom. The third-order valence-electron chi connectivity index (χ3n) is 8.45. The van der Waals surface area contributed by atoms with Crippen molar-refractivity contribution < 1.29 is 23.8 Å². The van der Waals surface area contributed by atoms with Gasteiger partial charge in [0.2, 0.25) is 11.9 Å². The number of urea groups is 1. The van der Waals surface area contributed by atoms with Crippen molar-refractivity contribution in [3.8, 4) is 11.4 Å². The zero-order valence-corrected chi connectivity index (χ0v) is 24.3. The highest BCUT2D eigenvalue weighted by Gasteiger charge is 2.39. The molecule has 2 aromatic carbocycles. The number of cyclic esters (lactones) is 1. The molecule has 4 aliphatic heterocycles. The Balaban J connectivity index is 1.09. The molecule has 43 heavy (non-hydrogen) atoms. The average Bonchev–Trinajstić information content (AvgIpc) is 3.48. The summed E-state index contributed by atoms with van der Waals surface area (Å²) in [6.07, 6.45) is 1.81. The molecule has 1 aromatic heterocycles. The summed E-state index contributed by atoms with van der Waals surface area (Å²) in [7, 11) is 0. The molecular formula is C31H35N7O5. The molecule has 7 rings (SSSR count). The predicted molar refractivity (Wildman–Crippen MR) is 160 cm³/mol. The van der Waals surface area contributed by atoms with Crippen molar-refractivity contribution in [3.05, 3.63) is 53.6 Å². The number of hydrogen-bond acceptors (Lipinski definition) is 10. The van der Waals surface area contributed by atoms with Crippen molar-refractivity contribution in [2.24, 2.45) is 5.92 Å². The average molecular weight is 586 g/mol. The number of hydrogen-bond donors (Lipinski definition) is 2. The number of rotatable bonds is 6. The van der Waals surface area contributed by atoms with Gasteiger partial charge in [0, 0.05) is 35.6 Å². The van der Waals surface area contributed by atoms with Gasteiger partial charge in [0.25, 0.3) is 0 Å². The van der Waals surface area contributed by atoms with Gasteiger partial charge in [-0.15, -0.1) is 0 Å². The van der Waals surface area contributed by atoms with Crippen LogP contribution in [0.1, 0.15) is 48.7 Å². The number of amides is 2. The molecule has 224 valence electrons. The molecule has 0 aliphatic carbocycles. The van der Waals surface area contributed by atoms with Crippen LogP contribution in [0.5, 0.6) is 0 Å². The van der Waals surface area contributed by atoms with Gasteiger partial charge in [-0.3, -0.25) is 0 Å². The number of fused-ring (bicyclic) bond motifs is 3. The summed E-state index contributed by atoms with van der Waals surface area (Å²) in [5, 5.41) is 5.74. The van der Waals surface area contributed by atoms with Gasteiger partial charge < -0.3 is 34.6 Å². The maximum Gasteiger partial charge on any atom is 0.339 e. The number of aromatic nitrogens is 3. The second kappa shape index (κ2) is 11.4. The van der Waals surface area contributed by atoms with Crippen LogP contribution in [-0.4, -0.2) is 78.6 Å². The van der Waals surface area contributed by atoms with Crippen LogP contribution >= 0.6 is 0 Å². The third kappa shape index (κ3) is 5.48. The highest BCUT2D eigenvalue weighted by molar-refractivity contribution is 6.01. The van der Waals surface area contributed by atoms with Gasteiger partial charge in [-0.2, -0.15) is 15.0 Å². The van der Waals surface area contributed by atoms with E-state index in [2.05, 4.69) is 20.4 Å². The summed E-state index contributed by atoms with van der Waals surface area (Å²) >= 11 is 0. The molecule has 0 saturated carbocycles. The van der Waals surface area contributed by atoms with Crippen LogP contribution < -0.4 is 20.4 Å². The van der Waals surface area contributed by atoms with Gasteiger partial charge in [0.05, 0.1) is 44.1 Å². The van der Waals surface area contributed by atoms with Crippen LogP contribution in [-0.2, 0) is 14.2 Å². The fraction of sp³-hybridized carbons (Fsp3) is 0.452. The highest BCUT2D eigenvalue weighted by Crippen LogP contribution is 2.37. The number of morpholine rings is 2.